The van der Waals surface area contributed by atoms with Crippen LogP contribution in [-0.4, -0.2) is 24.9 Å². The molecule has 0 saturated heterocycles. The smallest absolute Gasteiger partial charge is 0.334 e. The highest BCUT2D eigenvalue weighted by atomic mass is 32.2. The maximum absolute atomic E-state index is 11.3. The van der Waals surface area contributed by atoms with Crippen LogP contribution in [0.1, 0.15) is 33.1 Å². The second kappa shape index (κ2) is 8.10. The van der Waals surface area contributed by atoms with Crippen LogP contribution in [0, 0.1) is 0 Å². The SMILES string of the molecule is C.COC1=CC(=O)OC(CCSC2=CCCC=C2)C1. The maximum Gasteiger partial charge on any atom is 0.334 e. The number of thioether (sulfide) groups is 1. The summed E-state index contributed by atoms with van der Waals surface area (Å²) < 4.78 is 10.4. The third-order valence-corrected chi connectivity index (χ3v) is 4.00. The van der Waals surface area contributed by atoms with Crippen molar-refractivity contribution in [2.24, 2.45) is 0 Å². The molecule has 106 valence electrons. The fourth-order valence-electron chi connectivity index (χ4n) is 1.96. The third-order valence-electron chi connectivity index (χ3n) is 2.92. The molecular formula is C15H22O3S. The monoisotopic (exact) mass is 282 g/mol. The first-order chi connectivity index (χ1) is 8.78. The largest absolute Gasteiger partial charge is 0.501 e. The minimum Gasteiger partial charge on any atom is -0.501 e. The average Bonchev–Trinajstić information content (AvgIpc) is 2.39. The summed E-state index contributed by atoms with van der Waals surface area (Å²) in [5.41, 5.74) is 0. The van der Waals surface area contributed by atoms with Gasteiger partial charge in [0.05, 0.1) is 13.2 Å². The molecular weight excluding hydrogens is 260 g/mol. The molecule has 0 aromatic carbocycles. The van der Waals surface area contributed by atoms with Gasteiger partial charge in [0.1, 0.15) is 11.9 Å². The number of hydrogen-bond acceptors (Lipinski definition) is 4. The minimum atomic E-state index is -0.287. The molecule has 2 rings (SSSR count). The molecule has 0 spiro atoms. The Bertz CT molecular complexity index is 396. The van der Waals surface area contributed by atoms with E-state index in [-0.39, 0.29) is 19.5 Å². The van der Waals surface area contributed by atoms with E-state index in [4.69, 9.17) is 9.47 Å². The molecule has 0 bridgehead atoms. The van der Waals surface area contributed by atoms with Gasteiger partial charge in [0.25, 0.3) is 0 Å². The molecule has 2 aliphatic rings. The van der Waals surface area contributed by atoms with Crippen LogP contribution in [0.15, 0.2) is 35.0 Å². The van der Waals surface area contributed by atoms with Gasteiger partial charge < -0.3 is 9.47 Å². The third kappa shape index (κ3) is 5.15. The van der Waals surface area contributed by atoms with Gasteiger partial charge in [-0.05, 0) is 19.3 Å². The van der Waals surface area contributed by atoms with E-state index >= 15 is 0 Å². The van der Waals surface area contributed by atoms with Gasteiger partial charge in [0, 0.05) is 17.1 Å². The van der Waals surface area contributed by atoms with Crippen LogP contribution in [0.3, 0.4) is 0 Å². The van der Waals surface area contributed by atoms with Crippen LogP contribution in [0.2, 0.25) is 0 Å². The summed E-state index contributed by atoms with van der Waals surface area (Å²) >= 11 is 1.82. The molecule has 19 heavy (non-hydrogen) atoms. The van der Waals surface area contributed by atoms with E-state index in [1.807, 2.05) is 11.8 Å². The van der Waals surface area contributed by atoms with E-state index in [9.17, 15) is 4.79 Å². The number of carbonyl (C=O) groups excluding carboxylic acids is 1. The summed E-state index contributed by atoms with van der Waals surface area (Å²) in [7, 11) is 1.59. The average molecular weight is 282 g/mol. The Labute approximate surface area is 119 Å². The maximum atomic E-state index is 11.3. The van der Waals surface area contributed by atoms with Crippen LogP contribution in [0.4, 0.5) is 0 Å². The zero-order chi connectivity index (χ0) is 12.8. The fourth-order valence-corrected chi connectivity index (χ4v) is 3.01. The number of allylic oxidation sites excluding steroid dienone is 3. The molecule has 0 N–H and O–H groups in total. The molecule has 0 amide bonds. The van der Waals surface area contributed by atoms with Gasteiger partial charge in [-0.2, -0.15) is 0 Å². The van der Waals surface area contributed by atoms with E-state index in [0.717, 1.165) is 30.8 Å². The lowest BCUT2D eigenvalue weighted by molar-refractivity contribution is -0.145. The molecule has 1 atom stereocenters. The Morgan fingerprint density at radius 1 is 1.47 bits per heavy atom. The van der Waals surface area contributed by atoms with Crippen molar-refractivity contribution >= 4 is 17.7 Å². The molecule has 4 heteroatoms. The van der Waals surface area contributed by atoms with E-state index < -0.39 is 0 Å². The highest BCUT2D eigenvalue weighted by molar-refractivity contribution is 8.03. The number of cyclic esters (lactones) is 1. The van der Waals surface area contributed by atoms with Crippen molar-refractivity contribution in [1.29, 1.82) is 0 Å². The van der Waals surface area contributed by atoms with E-state index in [0.29, 0.717) is 6.42 Å². The van der Waals surface area contributed by atoms with Crippen LogP contribution in [0.25, 0.3) is 0 Å². The summed E-state index contributed by atoms with van der Waals surface area (Å²) in [6.07, 6.45) is 11.8. The van der Waals surface area contributed by atoms with Crippen LogP contribution in [-0.2, 0) is 14.3 Å². The summed E-state index contributed by atoms with van der Waals surface area (Å²) in [5, 5.41) is 0. The zero-order valence-corrected chi connectivity index (χ0v) is 11.4. The first-order valence-corrected chi connectivity index (χ1v) is 7.21. The van der Waals surface area contributed by atoms with Crippen molar-refractivity contribution in [2.75, 3.05) is 12.9 Å². The van der Waals surface area contributed by atoms with Gasteiger partial charge in [0.15, 0.2) is 0 Å². The fraction of sp³-hybridized carbons (Fsp3) is 0.533. The number of methoxy groups -OCH3 is 1. The van der Waals surface area contributed by atoms with Gasteiger partial charge in [-0.25, -0.2) is 4.79 Å². The molecule has 0 aromatic rings. The first kappa shape index (κ1) is 15.9. The topological polar surface area (TPSA) is 35.5 Å². The number of rotatable bonds is 5. The van der Waals surface area contributed by atoms with Crippen molar-refractivity contribution < 1.29 is 14.3 Å². The quantitative estimate of drug-likeness (QED) is 0.718. The van der Waals surface area contributed by atoms with Gasteiger partial charge in [-0.3, -0.25) is 0 Å². The normalized spacial score (nSPS) is 21.9. The molecule has 0 saturated carbocycles. The van der Waals surface area contributed by atoms with E-state index in [1.54, 1.807) is 7.11 Å². The van der Waals surface area contributed by atoms with Crippen LogP contribution in [0.5, 0.6) is 0 Å². The molecule has 0 fully saturated rings. The standard InChI is InChI=1S/C14H18O3S.CH4/c1-16-12-9-11(17-14(15)10-12)7-8-18-13-5-3-2-4-6-13;/h3,5-6,10-11H,2,4,7-9H2,1H3;1H4. The highest BCUT2D eigenvalue weighted by Gasteiger charge is 2.21. The predicted molar refractivity (Wildman–Crippen MR) is 79.9 cm³/mol. The lowest BCUT2D eigenvalue weighted by atomic mass is 10.1. The van der Waals surface area contributed by atoms with Crippen molar-refractivity contribution in [3.05, 3.63) is 35.0 Å². The lowest BCUT2D eigenvalue weighted by Crippen LogP contribution is -2.23. The van der Waals surface area contributed by atoms with Crippen molar-refractivity contribution in [3.63, 3.8) is 0 Å². The molecule has 0 aromatic heterocycles. The highest BCUT2D eigenvalue weighted by Crippen LogP contribution is 2.25. The Morgan fingerprint density at radius 3 is 3.00 bits per heavy atom. The minimum absolute atomic E-state index is 0. The second-order valence-corrected chi connectivity index (χ2v) is 5.47. The Hall–Kier alpha value is -1.16. The van der Waals surface area contributed by atoms with Crippen molar-refractivity contribution in [2.45, 2.75) is 39.2 Å². The first-order valence-electron chi connectivity index (χ1n) is 6.22. The van der Waals surface area contributed by atoms with Crippen molar-refractivity contribution in [1.82, 2.24) is 0 Å². The summed E-state index contributed by atoms with van der Waals surface area (Å²) in [6.45, 7) is 0. The zero-order valence-electron chi connectivity index (χ0n) is 10.6. The van der Waals surface area contributed by atoms with E-state index in [1.165, 1.54) is 11.0 Å². The molecule has 1 heterocycles. The second-order valence-electron chi connectivity index (χ2n) is 4.30. The number of carbonyl (C=O) groups is 1. The Morgan fingerprint density at radius 2 is 2.32 bits per heavy atom. The number of ether oxygens (including phenoxy) is 2. The van der Waals surface area contributed by atoms with Crippen molar-refractivity contribution in [3.8, 4) is 0 Å². The van der Waals surface area contributed by atoms with Gasteiger partial charge >= 0.3 is 5.97 Å². The number of esters is 1. The Kier molecular flexibility index (Phi) is 6.78. The van der Waals surface area contributed by atoms with Crippen LogP contribution >= 0.6 is 11.8 Å². The summed E-state index contributed by atoms with van der Waals surface area (Å²) in [6, 6.07) is 0. The van der Waals surface area contributed by atoms with Gasteiger partial charge in [-0.15, -0.1) is 11.8 Å². The predicted octanol–water partition coefficient (Wildman–Crippen LogP) is 3.83. The molecule has 1 aliphatic carbocycles. The molecule has 3 nitrogen and oxygen atoms in total. The summed E-state index contributed by atoms with van der Waals surface area (Å²) in [5.74, 6) is 1.40. The molecule has 0 radical (unpaired) electrons. The van der Waals surface area contributed by atoms with Gasteiger partial charge in [-0.1, -0.05) is 25.7 Å². The van der Waals surface area contributed by atoms with Gasteiger partial charge in [0.2, 0.25) is 0 Å². The van der Waals surface area contributed by atoms with Crippen LogP contribution < -0.4 is 0 Å². The molecule has 1 unspecified atom stereocenters. The molecule has 1 aliphatic heterocycles. The Balaban J connectivity index is 0.00000180. The number of hydrogen-bond donors (Lipinski definition) is 0. The summed E-state index contributed by atoms with van der Waals surface area (Å²) in [4.78, 5) is 12.6. The lowest BCUT2D eigenvalue weighted by Gasteiger charge is -2.22. The van der Waals surface area contributed by atoms with E-state index in [2.05, 4.69) is 18.2 Å².